The van der Waals surface area contributed by atoms with Gasteiger partial charge in [-0.25, -0.2) is 18.6 Å². The quantitative estimate of drug-likeness (QED) is 0.184. The summed E-state index contributed by atoms with van der Waals surface area (Å²) in [6, 6.07) is 5.36. The fraction of sp³-hybridized carbons (Fsp3) is 0.462. The number of hydrogen-bond donors (Lipinski definition) is 0. The number of amides is 2. The highest BCUT2D eigenvalue weighted by molar-refractivity contribution is 7.17. The van der Waals surface area contributed by atoms with Crippen LogP contribution >= 0.6 is 20.3 Å². The molecule has 1 aliphatic rings. The molecule has 2 amide bonds. The van der Waals surface area contributed by atoms with E-state index in [0.29, 0.717) is 12.1 Å². The molecule has 2 aromatic rings. The lowest BCUT2D eigenvalue weighted by Gasteiger charge is -2.39. The number of halogens is 5. The highest BCUT2D eigenvalue weighted by Gasteiger charge is 2.59. The number of carbonyl (C=O) groups excluding carboxylic acids is 2. The third-order valence-electron chi connectivity index (χ3n) is 5.42. The Bertz CT molecular complexity index is 1340. The Balaban J connectivity index is 2.26. The predicted octanol–water partition coefficient (Wildman–Crippen LogP) is 6.99. The molecule has 0 N–H and O–H groups in total. The SMILES string of the molecule is COc1ccc(Cl)cc1C1(F)C(=O)N(C(=O)OC(O[PH2]=O)(OC(C)(C)C)OC(C)(C)C)c2cc(C(F)(F)F)ccc21. The molecule has 2 unspecified atom stereocenters. The molecule has 0 bridgehead atoms. The largest absolute Gasteiger partial charge is 0.496 e. The molecule has 0 saturated carbocycles. The molecule has 2 aromatic carbocycles. The van der Waals surface area contributed by atoms with Gasteiger partial charge in [-0.3, -0.25) is 18.8 Å². The summed E-state index contributed by atoms with van der Waals surface area (Å²) < 4.78 is 96.6. The Morgan fingerprint density at radius 2 is 1.54 bits per heavy atom. The van der Waals surface area contributed by atoms with Crippen LogP contribution in [0.2, 0.25) is 5.02 Å². The Kier molecular flexibility index (Phi) is 8.95. The Hall–Kier alpha value is -2.70. The fourth-order valence-electron chi connectivity index (χ4n) is 4.05. The maximum Gasteiger partial charge on any atom is 0.470 e. The number of benzene rings is 2. The van der Waals surface area contributed by atoms with E-state index in [1.165, 1.54) is 60.8 Å². The third kappa shape index (κ3) is 6.86. The zero-order valence-electron chi connectivity index (χ0n) is 23.1. The Morgan fingerprint density at radius 3 is 2.02 bits per heavy atom. The van der Waals surface area contributed by atoms with Gasteiger partial charge in [-0.15, -0.1) is 0 Å². The standard InChI is InChI=1S/C26H29ClF4NO8P/c1-22(2,3)38-26(40-41-35,39-23(4,5)6)37-21(34)32-18-12-14(25(29,30)31)8-10-16(18)24(28,20(32)33)17-13-15(27)9-11-19(17)36-7/h8-13H,41H2,1-7H3. The van der Waals surface area contributed by atoms with E-state index in [-0.39, 0.29) is 15.7 Å². The number of alkyl halides is 4. The zero-order chi connectivity index (χ0) is 31.2. The van der Waals surface area contributed by atoms with E-state index in [4.69, 9.17) is 35.1 Å². The van der Waals surface area contributed by atoms with Gasteiger partial charge in [0.1, 0.15) is 5.75 Å². The number of ether oxygens (including phenoxy) is 4. The first-order chi connectivity index (χ1) is 18.7. The molecule has 0 fully saturated rings. The molecule has 226 valence electrons. The van der Waals surface area contributed by atoms with Crippen molar-refractivity contribution in [3.05, 3.63) is 58.1 Å². The summed E-state index contributed by atoms with van der Waals surface area (Å²) in [4.78, 5) is 27.5. The van der Waals surface area contributed by atoms with Gasteiger partial charge in [0.15, 0.2) is 8.69 Å². The summed E-state index contributed by atoms with van der Waals surface area (Å²) in [6.07, 6.45) is -9.51. The van der Waals surface area contributed by atoms with E-state index in [1.54, 1.807) is 0 Å². The van der Waals surface area contributed by atoms with E-state index in [2.05, 4.69) is 0 Å². The van der Waals surface area contributed by atoms with E-state index in [0.717, 1.165) is 12.1 Å². The van der Waals surface area contributed by atoms with Crippen molar-refractivity contribution < 1.29 is 55.2 Å². The van der Waals surface area contributed by atoms with Crippen LogP contribution in [-0.2, 0) is 39.9 Å². The van der Waals surface area contributed by atoms with Gasteiger partial charge in [0.2, 0.25) is 5.67 Å². The maximum absolute atomic E-state index is 17.1. The predicted molar refractivity (Wildman–Crippen MR) is 141 cm³/mol. The number of methoxy groups -OCH3 is 1. The zero-order valence-corrected chi connectivity index (χ0v) is 25.1. The molecular weight excluding hydrogens is 597 g/mol. The van der Waals surface area contributed by atoms with Gasteiger partial charge in [0, 0.05) is 16.1 Å². The lowest BCUT2D eigenvalue weighted by molar-refractivity contribution is -0.486. The van der Waals surface area contributed by atoms with Crippen LogP contribution < -0.4 is 9.64 Å². The molecular formula is C26H29ClF4NO8P. The van der Waals surface area contributed by atoms with E-state index in [1.807, 2.05) is 0 Å². The number of imide groups is 1. The number of anilines is 1. The molecule has 9 nitrogen and oxygen atoms in total. The van der Waals surface area contributed by atoms with Crippen LogP contribution in [-0.4, -0.2) is 36.5 Å². The summed E-state index contributed by atoms with van der Waals surface area (Å²) in [6.45, 7) is 9.05. The van der Waals surface area contributed by atoms with Crippen molar-refractivity contribution in [1.29, 1.82) is 0 Å². The summed E-state index contributed by atoms with van der Waals surface area (Å²) in [7, 11) is -0.987. The van der Waals surface area contributed by atoms with Crippen LogP contribution in [0.15, 0.2) is 36.4 Å². The molecule has 0 radical (unpaired) electrons. The summed E-state index contributed by atoms with van der Waals surface area (Å²) >= 11 is 6.05. The van der Waals surface area contributed by atoms with Crippen molar-refractivity contribution in [2.75, 3.05) is 12.0 Å². The Labute approximate surface area is 239 Å². The first kappa shape index (κ1) is 32.8. The van der Waals surface area contributed by atoms with Gasteiger partial charge in [0.25, 0.3) is 5.91 Å². The first-order valence-electron chi connectivity index (χ1n) is 12.0. The summed E-state index contributed by atoms with van der Waals surface area (Å²) in [5.74, 6) is -1.82. The maximum atomic E-state index is 17.1. The van der Waals surface area contributed by atoms with E-state index >= 15 is 4.39 Å². The average Bonchev–Trinajstić information content (AvgIpc) is 3.03. The van der Waals surface area contributed by atoms with E-state index in [9.17, 15) is 27.3 Å². The molecule has 3 rings (SSSR count). The normalized spacial score (nSPS) is 18.2. The van der Waals surface area contributed by atoms with Crippen molar-refractivity contribution in [3.63, 3.8) is 0 Å². The van der Waals surface area contributed by atoms with Crippen LogP contribution in [0, 0.1) is 0 Å². The average molecular weight is 626 g/mol. The van der Waals surface area contributed by atoms with Gasteiger partial charge < -0.3 is 9.47 Å². The fourth-order valence-corrected chi connectivity index (χ4v) is 4.48. The monoisotopic (exact) mass is 625 g/mol. The van der Waals surface area contributed by atoms with Crippen molar-refractivity contribution in [1.82, 2.24) is 0 Å². The second-order valence-electron chi connectivity index (χ2n) is 10.9. The second-order valence-corrected chi connectivity index (χ2v) is 11.7. The smallest absolute Gasteiger partial charge is 0.470 e. The Morgan fingerprint density at radius 1 is 0.951 bits per heavy atom. The van der Waals surface area contributed by atoms with Crippen molar-refractivity contribution >= 4 is 38.0 Å². The van der Waals surface area contributed by atoms with Gasteiger partial charge in [-0.05, 0) is 71.9 Å². The van der Waals surface area contributed by atoms with Crippen LogP contribution in [0.4, 0.5) is 28.0 Å². The van der Waals surface area contributed by atoms with Gasteiger partial charge in [0.05, 0.1) is 29.6 Å². The van der Waals surface area contributed by atoms with Crippen LogP contribution in [0.25, 0.3) is 0 Å². The lowest BCUT2D eigenvalue weighted by Crippen LogP contribution is -2.53. The van der Waals surface area contributed by atoms with E-state index < -0.39 is 72.3 Å². The lowest BCUT2D eigenvalue weighted by atomic mass is 9.88. The van der Waals surface area contributed by atoms with Crippen LogP contribution in [0.3, 0.4) is 0 Å². The second kappa shape index (κ2) is 11.2. The summed E-state index contributed by atoms with van der Waals surface area (Å²) in [5.41, 5.74) is -8.79. The molecule has 2 atom stereocenters. The number of rotatable bonds is 7. The molecule has 1 heterocycles. The molecule has 0 aliphatic carbocycles. The molecule has 1 aliphatic heterocycles. The van der Waals surface area contributed by atoms with Crippen molar-refractivity contribution in [2.45, 2.75) is 70.7 Å². The van der Waals surface area contributed by atoms with Crippen LogP contribution in [0.1, 0.15) is 58.2 Å². The molecule has 15 heteroatoms. The highest BCUT2D eigenvalue weighted by Crippen LogP contribution is 2.52. The van der Waals surface area contributed by atoms with Gasteiger partial charge in [-0.2, -0.15) is 13.2 Å². The van der Waals surface area contributed by atoms with Crippen molar-refractivity contribution in [3.8, 4) is 5.75 Å². The van der Waals surface area contributed by atoms with Gasteiger partial charge >= 0.3 is 18.4 Å². The minimum absolute atomic E-state index is 0.0249. The molecule has 0 aromatic heterocycles. The minimum Gasteiger partial charge on any atom is -0.496 e. The first-order valence-corrected chi connectivity index (χ1v) is 13.3. The van der Waals surface area contributed by atoms with Gasteiger partial charge in [-0.1, -0.05) is 17.7 Å². The number of hydrogen-bond acceptors (Lipinski definition) is 8. The number of nitrogens with zero attached hydrogens (tertiary/aromatic N) is 1. The van der Waals surface area contributed by atoms with Crippen LogP contribution in [0.5, 0.6) is 5.75 Å². The highest BCUT2D eigenvalue weighted by atomic mass is 35.5. The third-order valence-corrected chi connectivity index (χ3v) is 6.04. The molecule has 0 spiro atoms. The summed E-state index contributed by atoms with van der Waals surface area (Å²) in [5, 5.41) is -0.0249. The number of fused-ring (bicyclic) bond motifs is 1. The minimum atomic E-state index is -4.92. The molecule has 0 saturated heterocycles. The molecule has 41 heavy (non-hydrogen) atoms. The number of carbonyl (C=O) groups is 2. The van der Waals surface area contributed by atoms with Crippen molar-refractivity contribution in [2.24, 2.45) is 0 Å². The topological polar surface area (TPSA) is 101 Å².